The number of fused-ring (bicyclic) bond motifs is 1. The van der Waals surface area contributed by atoms with E-state index in [1.54, 1.807) is 4.57 Å². The van der Waals surface area contributed by atoms with Gasteiger partial charge in [0.25, 0.3) is 0 Å². The smallest absolute Gasteiger partial charge is 0.408 e. The van der Waals surface area contributed by atoms with E-state index < -0.39 is 0 Å². The first kappa shape index (κ1) is 9.06. The standard InChI is InChI=1S/C11H13NO2/c1-7(2)12-9-6-8(3)4-5-10(9)14-11(12)13/h4-7H,1-3H3. The van der Waals surface area contributed by atoms with Crippen molar-refractivity contribution in [2.75, 3.05) is 0 Å². The summed E-state index contributed by atoms with van der Waals surface area (Å²) >= 11 is 0. The van der Waals surface area contributed by atoms with E-state index in [9.17, 15) is 4.79 Å². The molecule has 3 heteroatoms. The van der Waals surface area contributed by atoms with E-state index in [1.165, 1.54) is 0 Å². The first-order valence-electron chi connectivity index (χ1n) is 4.71. The molecule has 14 heavy (non-hydrogen) atoms. The zero-order valence-corrected chi connectivity index (χ0v) is 8.57. The van der Waals surface area contributed by atoms with E-state index >= 15 is 0 Å². The Labute approximate surface area is 82.0 Å². The van der Waals surface area contributed by atoms with Gasteiger partial charge >= 0.3 is 5.76 Å². The van der Waals surface area contributed by atoms with Crippen LogP contribution in [-0.2, 0) is 0 Å². The maximum atomic E-state index is 11.5. The molecule has 0 aliphatic heterocycles. The molecule has 0 N–H and O–H groups in total. The number of hydrogen-bond acceptors (Lipinski definition) is 2. The molecular weight excluding hydrogens is 178 g/mol. The van der Waals surface area contributed by atoms with Gasteiger partial charge < -0.3 is 4.42 Å². The summed E-state index contributed by atoms with van der Waals surface area (Å²) in [6.45, 7) is 5.94. The summed E-state index contributed by atoms with van der Waals surface area (Å²) in [7, 11) is 0. The van der Waals surface area contributed by atoms with E-state index in [0.717, 1.165) is 11.1 Å². The maximum absolute atomic E-state index is 11.5. The highest BCUT2D eigenvalue weighted by molar-refractivity contribution is 5.73. The van der Waals surface area contributed by atoms with E-state index in [4.69, 9.17) is 4.42 Å². The van der Waals surface area contributed by atoms with Gasteiger partial charge in [-0.15, -0.1) is 0 Å². The molecule has 0 spiro atoms. The fraction of sp³-hybridized carbons (Fsp3) is 0.364. The van der Waals surface area contributed by atoms with Crippen LogP contribution in [0.5, 0.6) is 0 Å². The van der Waals surface area contributed by atoms with Gasteiger partial charge in [-0.25, -0.2) is 4.79 Å². The van der Waals surface area contributed by atoms with E-state index in [-0.39, 0.29) is 11.8 Å². The van der Waals surface area contributed by atoms with Crippen LogP contribution in [-0.4, -0.2) is 4.57 Å². The van der Waals surface area contributed by atoms with E-state index in [2.05, 4.69) is 0 Å². The third kappa shape index (κ3) is 1.25. The Morgan fingerprint density at radius 2 is 2.07 bits per heavy atom. The molecule has 0 saturated carbocycles. The van der Waals surface area contributed by atoms with Gasteiger partial charge in [-0.05, 0) is 38.5 Å². The van der Waals surface area contributed by atoms with Gasteiger partial charge in [0.05, 0.1) is 5.52 Å². The normalized spacial score (nSPS) is 11.4. The van der Waals surface area contributed by atoms with Crippen LogP contribution in [0.4, 0.5) is 0 Å². The third-order valence-corrected chi connectivity index (χ3v) is 2.28. The lowest BCUT2D eigenvalue weighted by atomic mass is 10.2. The molecule has 0 saturated heterocycles. The van der Waals surface area contributed by atoms with Gasteiger partial charge in [-0.3, -0.25) is 4.57 Å². The largest absolute Gasteiger partial charge is 0.420 e. The fourth-order valence-electron chi connectivity index (χ4n) is 1.63. The van der Waals surface area contributed by atoms with Crippen molar-refractivity contribution in [2.24, 2.45) is 0 Å². The van der Waals surface area contributed by atoms with Crippen LogP contribution >= 0.6 is 0 Å². The lowest BCUT2D eigenvalue weighted by molar-refractivity contribution is 0.478. The van der Waals surface area contributed by atoms with Crippen molar-refractivity contribution < 1.29 is 4.42 Å². The quantitative estimate of drug-likeness (QED) is 0.694. The molecule has 0 amide bonds. The predicted octanol–water partition coefficient (Wildman–Crippen LogP) is 2.48. The predicted molar refractivity (Wildman–Crippen MR) is 55.6 cm³/mol. The first-order chi connectivity index (χ1) is 6.59. The molecule has 0 aliphatic carbocycles. The van der Waals surface area contributed by atoms with Crippen molar-refractivity contribution in [3.63, 3.8) is 0 Å². The van der Waals surface area contributed by atoms with Crippen molar-refractivity contribution in [1.29, 1.82) is 0 Å². The first-order valence-corrected chi connectivity index (χ1v) is 4.71. The average molecular weight is 191 g/mol. The third-order valence-electron chi connectivity index (χ3n) is 2.28. The SMILES string of the molecule is Cc1ccc2oc(=O)n(C(C)C)c2c1. The van der Waals surface area contributed by atoms with Crippen molar-refractivity contribution in [1.82, 2.24) is 4.57 Å². The van der Waals surface area contributed by atoms with Crippen LogP contribution in [0.25, 0.3) is 11.1 Å². The molecule has 0 aliphatic rings. The van der Waals surface area contributed by atoms with Gasteiger partial charge in [0.15, 0.2) is 5.58 Å². The molecule has 0 radical (unpaired) electrons. The molecule has 0 bridgehead atoms. The monoisotopic (exact) mass is 191 g/mol. The van der Waals surface area contributed by atoms with Crippen LogP contribution in [0, 0.1) is 6.92 Å². The van der Waals surface area contributed by atoms with Crippen molar-refractivity contribution in [3.8, 4) is 0 Å². The van der Waals surface area contributed by atoms with E-state index in [1.807, 2.05) is 39.0 Å². The van der Waals surface area contributed by atoms with Gasteiger partial charge in [0, 0.05) is 6.04 Å². The second-order valence-corrected chi connectivity index (χ2v) is 3.80. The summed E-state index contributed by atoms with van der Waals surface area (Å²) in [5, 5.41) is 0. The summed E-state index contributed by atoms with van der Waals surface area (Å²) in [6.07, 6.45) is 0. The molecule has 2 rings (SSSR count). The summed E-state index contributed by atoms with van der Waals surface area (Å²) in [4.78, 5) is 11.5. The number of hydrogen-bond donors (Lipinski definition) is 0. The number of benzene rings is 1. The summed E-state index contributed by atoms with van der Waals surface area (Å²) < 4.78 is 6.79. The van der Waals surface area contributed by atoms with Crippen LogP contribution in [0.3, 0.4) is 0 Å². The van der Waals surface area contributed by atoms with E-state index in [0.29, 0.717) is 5.58 Å². The van der Waals surface area contributed by atoms with Gasteiger partial charge in [0.2, 0.25) is 0 Å². The minimum atomic E-state index is -0.277. The second kappa shape index (κ2) is 3.01. The minimum Gasteiger partial charge on any atom is -0.408 e. The summed E-state index contributed by atoms with van der Waals surface area (Å²) in [5.74, 6) is -0.277. The highest BCUT2D eigenvalue weighted by Crippen LogP contribution is 2.17. The van der Waals surface area contributed by atoms with Crippen LogP contribution in [0.2, 0.25) is 0 Å². The van der Waals surface area contributed by atoms with Gasteiger partial charge in [-0.1, -0.05) is 6.07 Å². The van der Waals surface area contributed by atoms with Gasteiger partial charge in [0.1, 0.15) is 0 Å². The maximum Gasteiger partial charge on any atom is 0.420 e. The molecule has 0 fully saturated rings. The van der Waals surface area contributed by atoms with Crippen molar-refractivity contribution in [3.05, 3.63) is 34.3 Å². The zero-order chi connectivity index (χ0) is 10.3. The Morgan fingerprint density at radius 3 is 2.71 bits per heavy atom. The lowest BCUT2D eigenvalue weighted by Gasteiger charge is -2.05. The Morgan fingerprint density at radius 1 is 1.36 bits per heavy atom. The molecule has 3 nitrogen and oxygen atoms in total. The Hall–Kier alpha value is -1.51. The summed E-state index contributed by atoms with van der Waals surface area (Å²) in [6, 6.07) is 5.88. The number of aryl methyl sites for hydroxylation is 1. The number of nitrogens with zero attached hydrogens (tertiary/aromatic N) is 1. The molecule has 0 atom stereocenters. The highest BCUT2D eigenvalue weighted by atomic mass is 16.4. The average Bonchev–Trinajstić information content (AvgIpc) is 2.40. The van der Waals surface area contributed by atoms with Crippen molar-refractivity contribution in [2.45, 2.75) is 26.8 Å². The molecule has 74 valence electrons. The molecule has 1 heterocycles. The fourth-order valence-corrected chi connectivity index (χ4v) is 1.63. The number of rotatable bonds is 1. The molecule has 0 unspecified atom stereocenters. The molecule has 1 aromatic carbocycles. The molecule has 1 aromatic heterocycles. The topological polar surface area (TPSA) is 35.1 Å². The lowest BCUT2D eigenvalue weighted by Crippen LogP contribution is -2.15. The zero-order valence-electron chi connectivity index (χ0n) is 8.57. The highest BCUT2D eigenvalue weighted by Gasteiger charge is 2.11. The summed E-state index contributed by atoms with van der Waals surface area (Å²) in [5.41, 5.74) is 2.67. The molecule has 2 aromatic rings. The van der Waals surface area contributed by atoms with Crippen LogP contribution < -0.4 is 5.76 Å². The number of aromatic nitrogens is 1. The molecular formula is C11H13NO2. The Bertz CT molecular complexity index is 520. The minimum absolute atomic E-state index is 0.130. The number of oxazole rings is 1. The Kier molecular flexibility index (Phi) is 1.95. The van der Waals surface area contributed by atoms with Crippen LogP contribution in [0.15, 0.2) is 27.4 Å². The van der Waals surface area contributed by atoms with Gasteiger partial charge in [-0.2, -0.15) is 0 Å². The Balaban J connectivity index is 2.86. The second-order valence-electron chi connectivity index (χ2n) is 3.80. The van der Waals surface area contributed by atoms with Crippen molar-refractivity contribution >= 4 is 11.1 Å². The van der Waals surface area contributed by atoms with Crippen LogP contribution in [0.1, 0.15) is 25.5 Å².